The summed E-state index contributed by atoms with van der Waals surface area (Å²) in [6, 6.07) is 2.30. The Hall–Kier alpha value is -1.89. The van der Waals surface area contributed by atoms with Crippen LogP contribution in [0.2, 0.25) is 0 Å². The number of aromatic carboxylic acids is 1. The number of methoxy groups -OCH3 is 1. The second-order valence-corrected chi connectivity index (χ2v) is 7.25. The van der Waals surface area contributed by atoms with Crippen LogP contribution in [-0.2, 0) is 9.84 Å². The van der Waals surface area contributed by atoms with E-state index in [0.29, 0.717) is 0 Å². The maximum absolute atomic E-state index is 12.4. The fraction of sp³-hybridized carbons (Fsp3) is 0.385. The van der Waals surface area contributed by atoms with Gasteiger partial charge < -0.3 is 9.84 Å². The van der Waals surface area contributed by atoms with Crippen molar-refractivity contribution in [2.24, 2.45) is 5.41 Å². The van der Waals surface area contributed by atoms with Crippen LogP contribution < -0.4 is 4.74 Å². The molecule has 0 spiro atoms. The number of ether oxygens (including phenoxy) is 1. The monoisotopic (exact) mass is 298 g/mol. The van der Waals surface area contributed by atoms with Crippen molar-refractivity contribution in [2.75, 3.05) is 12.9 Å². The predicted molar refractivity (Wildman–Crippen MR) is 70.1 cm³/mol. The smallest absolute Gasteiger partial charge is 0.339 e. The molecular weight excluding hydrogens is 284 g/mol. The standard InChI is InChI=1S/C13H14O6S/c1-13(2)6-20(17,18)8-5-4-7(12(15)16)10(19-3)9(8)11(13)14/h4-5H,6H2,1-3H3,(H,15,16). The maximum Gasteiger partial charge on any atom is 0.339 e. The van der Waals surface area contributed by atoms with E-state index < -0.39 is 27.0 Å². The van der Waals surface area contributed by atoms with E-state index in [1.165, 1.54) is 21.0 Å². The Balaban J connectivity index is 2.91. The van der Waals surface area contributed by atoms with Crippen molar-refractivity contribution >= 4 is 21.6 Å². The largest absolute Gasteiger partial charge is 0.495 e. The number of sulfone groups is 1. The van der Waals surface area contributed by atoms with Gasteiger partial charge in [-0.2, -0.15) is 0 Å². The Bertz CT molecular complexity index is 715. The summed E-state index contributed by atoms with van der Waals surface area (Å²) >= 11 is 0. The zero-order valence-electron chi connectivity index (χ0n) is 11.3. The lowest BCUT2D eigenvalue weighted by Gasteiger charge is -2.30. The number of carbonyl (C=O) groups excluding carboxylic acids is 1. The van der Waals surface area contributed by atoms with Gasteiger partial charge in [0.1, 0.15) is 11.3 Å². The van der Waals surface area contributed by atoms with Gasteiger partial charge in [0, 0.05) is 5.41 Å². The van der Waals surface area contributed by atoms with Crippen molar-refractivity contribution in [3.8, 4) is 5.75 Å². The molecule has 1 aromatic rings. The first-order valence-electron chi connectivity index (χ1n) is 5.83. The van der Waals surface area contributed by atoms with E-state index in [1.54, 1.807) is 0 Å². The minimum Gasteiger partial charge on any atom is -0.495 e. The lowest BCUT2D eigenvalue weighted by atomic mass is 9.84. The number of ketones is 1. The van der Waals surface area contributed by atoms with Crippen molar-refractivity contribution in [1.82, 2.24) is 0 Å². The summed E-state index contributed by atoms with van der Waals surface area (Å²) in [5.74, 6) is -2.21. The van der Waals surface area contributed by atoms with E-state index in [9.17, 15) is 18.0 Å². The van der Waals surface area contributed by atoms with E-state index in [-0.39, 0.29) is 27.5 Å². The number of rotatable bonds is 2. The third-order valence-electron chi connectivity index (χ3n) is 3.28. The molecule has 0 aromatic heterocycles. The van der Waals surface area contributed by atoms with Gasteiger partial charge in [-0.3, -0.25) is 4.79 Å². The molecule has 0 aliphatic carbocycles. The highest BCUT2D eigenvalue weighted by Crippen LogP contribution is 2.41. The first-order chi connectivity index (χ1) is 9.12. The average molecular weight is 298 g/mol. The van der Waals surface area contributed by atoms with Crippen molar-refractivity contribution in [3.05, 3.63) is 23.3 Å². The molecular formula is C13H14O6S. The lowest BCUT2D eigenvalue weighted by molar-refractivity contribution is 0.0693. The van der Waals surface area contributed by atoms with Gasteiger partial charge in [-0.25, -0.2) is 13.2 Å². The Morgan fingerprint density at radius 3 is 2.45 bits per heavy atom. The van der Waals surface area contributed by atoms with Crippen LogP contribution >= 0.6 is 0 Å². The summed E-state index contributed by atoms with van der Waals surface area (Å²) < 4.78 is 29.5. The van der Waals surface area contributed by atoms with Gasteiger partial charge in [-0.1, -0.05) is 13.8 Å². The van der Waals surface area contributed by atoms with Crippen LogP contribution in [0.4, 0.5) is 0 Å². The summed E-state index contributed by atoms with van der Waals surface area (Å²) in [4.78, 5) is 23.4. The van der Waals surface area contributed by atoms with Crippen molar-refractivity contribution in [2.45, 2.75) is 18.7 Å². The van der Waals surface area contributed by atoms with Crippen LogP contribution in [0, 0.1) is 5.41 Å². The molecule has 0 atom stereocenters. The normalized spacial score (nSPS) is 19.2. The highest BCUT2D eigenvalue weighted by Gasteiger charge is 2.45. The van der Waals surface area contributed by atoms with Gasteiger partial charge in [-0.15, -0.1) is 0 Å². The molecule has 108 valence electrons. The van der Waals surface area contributed by atoms with E-state index in [0.717, 1.165) is 12.1 Å². The van der Waals surface area contributed by atoms with E-state index in [4.69, 9.17) is 9.84 Å². The number of fused-ring (bicyclic) bond motifs is 1. The van der Waals surface area contributed by atoms with Gasteiger partial charge in [-0.05, 0) is 12.1 Å². The van der Waals surface area contributed by atoms with Crippen LogP contribution in [-0.4, -0.2) is 38.1 Å². The average Bonchev–Trinajstić information content (AvgIpc) is 2.33. The van der Waals surface area contributed by atoms with Crippen molar-refractivity contribution in [1.29, 1.82) is 0 Å². The Labute approximate surface area is 116 Å². The predicted octanol–water partition coefficient (Wildman–Crippen LogP) is 1.39. The fourth-order valence-corrected chi connectivity index (χ4v) is 4.38. The Kier molecular flexibility index (Phi) is 3.13. The summed E-state index contributed by atoms with van der Waals surface area (Å²) in [5.41, 5.74) is -1.51. The zero-order valence-corrected chi connectivity index (χ0v) is 12.1. The molecule has 0 unspecified atom stereocenters. The highest BCUT2D eigenvalue weighted by atomic mass is 32.2. The first kappa shape index (κ1) is 14.5. The molecule has 6 nitrogen and oxygen atoms in total. The molecule has 1 heterocycles. The number of hydrogen-bond acceptors (Lipinski definition) is 5. The molecule has 1 N–H and O–H groups in total. The fourth-order valence-electron chi connectivity index (χ4n) is 2.38. The van der Waals surface area contributed by atoms with Crippen molar-refractivity contribution < 1.29 is 27.9 Å². The van der Waals surface area contributed by atoms with Crippen LogP contribution in [0.15, 0.2) is 17.0 Å². The van der Waals surface area contributed by atoms with Crippen LogP contribution in [0.25, 0.3) is 0 Å². The minimum absolute atomic E-state index is 0.163. The van der Waals surface area contributed by atoms with Crippen LogP contribution in [0.3, 0.4) is 0 Å². The number of benzene rings is 1. The zero-order chi connectivity index (χ0) is 15.3. The topological polar surface area (TPSA) is 97.7 Å². The molecule has 0 bridgehead atoms. The summed E-state index contributed by atoms with van der Waals surface area (Å²) in [7, 11) is -2.44. The third-order valence-corrected chi connectivity index (χ3v) is 5.39. The van der Waals surface area contributed by atoms with E-state index >= 15 is 0 Å². The molecule has 1 aliphatic rings. The molecule has 0 fully saturated rings. The molecule has 0 amide bonds. The van der Waals surface area contributed by atoms with Gasteiger partial charge >= 0.3 is 5.97 Å². The SMILES string of the molecule is COc1c(C(=O)O)ccc2c1C(=O)C(C)(C)CS2(=O)=O. The lowest BCUT2D eigenvalue weighted by Crippen LogP contribution is -2.38. The summed E-state index contributed by atoms with van der Waals surface area (Å²) in [6.07, 6.45) is 0. The summed E-state index contributed by atoms with van der Waals surface area (Å²) in [6.45, 7) is 3.03. The number of carboxylic acid groups (broad SMARTS) is 1. The number of carbonyl (C=O) groups is 2. The molecule has 0 radical (unpaired) electrons. The third kappa shape index (κ3) is 1.98. The molecule has 1 aliphatic heterocycles. The van der Waals surface area contributed by atoms with Crippen LogP contribution in [0.1, 0.15) is 34.6 Å². The molecule has 1 aromatic carbocycles. The van der Waals surface area contributed by atoms with E-state index in [2.05, 4.69) is 0 Å². The van der Waals surface area contributed by atoms with Crippen molar-refractivity contribution in [3.63, 3.8) is 0 Å². The van der Waals surface area contributed by atoms with Gasteiger partial charge in [0.05, 0.1) is 23.3 Å². The van der Waals surface area contributed by atoms with Gasteiger partial charge in [0.25, 0.3) is 0 Å². The Morgan fingerprint density at radius 1 is 1.35 bits per heavy atom. The second-order valence-electron chi connectivity index (χ2n) is 5.30. The molecule has 20 heavy (non-hydrogen) atoms. The van der Waals surface area contributed by atoms with Gasteiger partial charge in [0.15, 0.2) is 15.6 Å². The first-order valence-corrected chi connectivity index (χ1v) is 7.49. The number of hydrogen-bond donors (Lipinski definition) is 1. The molecule has 2 rings (SSSR count). The quantitative estimate of drug-likeness (QED) is 0.886. The second kappa shape index (κ2) is 4.31. The number of Topliss-reactive ketones (excluding diaryl/α,β-unsaturated/α-hetero) is 1. The molecule has 0 saturated heterocycles. The highest BCUT2D eigenvalue weighted by molar-refractivity contribution is 7.91. The summed E-state index contributed by atoms with van der Waals surface area (Å²) in [5, 5.41) is 9.10. The molecule has 0 saturated carbocycles. The van der Waals surface area contributed by atoms with E-state index in [1.807, 2.05) is 0 Å². The molecule has 7 heteroatoms. The number of carboxylic acids is 1. The maximum atomic E-state index is 12.4. The van der Waals surface area contributed by atoms with Gasteiger partial charge in [0.2, 0.25) is 0 Å². The van der Waals surface area contributed by atoms with Crippen LogP contribution in [0.5, 0.6) is 5.75 Å². The Morgan fingerprint density at radius 2 is 1.95 bits per heavy atom. The minimum atomic E-state index is -3.65.